The summed E-state index contributed by atoms with van der Waals surface area (Å²) in [4.78, 5) is 0. The highest BCUT2D eigenvalue weighted by Gasteiger charge is 1.95. The van der Waals surface area contributed by atoms with Gasteiger partial charge in [-0.2, -0.15) is 10.2 Å². The molecule has 0 radical (unpaired) electrons. The molecule has 2 N–H and O–H groups in total. The molecule has 4 nitrogen and oxygen atoms in total. The van der Waals surface area contributed by atoms with Gasteiger partial charge in [0.2, 0.25) is 0 Å². The van der Waals surface area contributed by atoms with Gasteiger partial charge in [-0.3, -0.25) is 0 Å². The van der Waals surface area contributed by atoms with Crippen LogP contribution < -0.4 is 0 Å². The number of benzene rings is 2. The van der Waals surface area contributed by atoms with Crippen LogP contribution in [0, 0.1) is 0 Å². The van der Waals surface area contributed by atoms with Crippen LogP contribution in [-0.2, 0) is 12.8 Å². The minimum absolute atomic E-state index is 0.154. The number of hydrogen-bond acceptors (Lipinski definition) is 4. The van der Waals surface area contributed by atoms with E-state index >= 15 is 0 Å². The maximum Gasteiger partial charge on any atom is 0.0857 e. The predicted octanol–water partition coefficient (Wildman–Crippen LogP) is 3.17. The average Bonchev–Trinajstić information content (AvgIpc) is 2.49. The number of aliphatic hydroxyl groups is 2. The molecule has 0 aliphatic carbocycles. The van der Waals surface area contributed by atoms with Gasteiger partial charge >= 0.3 is 0 Å². The normalized spacial score (nSPS) is 11.1. The summed E-state index contributed by atoms with van der Waals surface area (Å²) in [6.45, 7) is 0.308. The highest BCUT2D eigenvalue weighted by atomic mass is 16.3. The van der Waals surface area contributed by atoms with Crippen molar-refractivity contribution >= 4 is 11.4 Å². The third-order valence-electron chi connectivity index (χ3n) is 2.95. The van der Waals surface area contributed by atoms with Crippen molar-refractivity contribution in [2.45, 2.75) is 12.8 Å². The van der Waals surface area contributed by atoms with Crippen molar-refractivity contribution in [2.75, 3.05) is 13.2 Å². The first-order valence-electron chi connectivity index (χ1n) is 6.63. The third kappa shape index (κ3) is 4.26. The maximum absolute atomic E-state index is 8.84. The summed E-state index contributed by atoms with van der Waals surface area (Å²) in [5.74, 6) is 0. The van der Waals surface area contributed by atoms with Crippen LogP contribution in [0.2, 0.25) is 0 Å². The van der Waals surface area contributed by atoms with Crippen LogP contribution in [0.15, 0.2) is 58.8 Å². The Bertz CT molecular complexity index is 496. The lowest BCUT2D eigenvalue weighted by molar-refractivity contribution is 0.299. The number of azo groups is 1. The lowest BCUT2D eigenvalue weighted by Crippen LogP contribution is -1.88. The van der Waals surface area contributed by atoms with Crippen LogP contribution >= 0.6 is 0 Å². The topological polar surface area (TPSA) is 65.2 Å². The minimum Gasteiger partial charge on any atom is -0.396 e. The first-order valence-corrected chi connectivity index (χ1v) is 6.63. The molecule has 4 heteroatoms. The number of aliphatic hydroxyl groups excluding tert-OH is 2. The molecule has 0 amide bonds. The van der Waals surface area contributed by atoms with Crippen LogP contribution in [0.5, 0.6) is 0 Å². The number of hydrogen-bond donors (Lipinski definition) is 2. The molecule has 0 aromatic heterocycles. The second-order valence-electron chi connectivity index (χ2n) is 4.48. The lowest BCUT2D eigenvalue weighted by Gasteiger charge is -1.99. The summed E-state index contributed by atoms with van der Waals surface area (Å²) in [5, 5.41) is 26.0. The monoisotopic (exact) mass is 270 g/mol. The summed E-state index contributed by atoms with van der Waals surface area (Å²) < 4.78 is 0. The summed E-state index contributed by atoms with van der Waals surface area (Å²) in [7, 11) is 0. The molecule has 0 fully saturated rings. The van der Waals surface area contributed by atoms with Gasteiger partial charge in [0.25, 0.3) is 0 Å². The molecular formula is C16H18N2O2. The fraction of sp³-hybridized carbons (Fsp3) is 0.250. The van der Waals surface area contributed by atoms with E-state index in [0.717, 1.165) is 22.5 Å². The summed E-state index contributed by atoms with van der Waals surface area (Å²) >= 11 is 0. The van der Waals surface area contributed by atoms with Gasteiger partial charge < -0.3 is 10.2 Å². The number of nitrogens with zero attached hydrogens (tertiary/aromatic N) is 2. The lowest BCUT2D eigenvalue weighted by atomic mass is 10.1. The van der Waals surface area contributed by atoms with Crippen molar-refractivity contribution in [3.05, 3.63) is 59.7 Å². The Kier molecular flexibility index (Phi) is 5.41. The second kappa shape index (κ2) is 7.53. The van der Waals surface area contributed by atoms with Gasteiger partial charge in [-0.05, 0) is 48.2 Å². The Morgan fingerprint density at radius 3 is 1.25 bits per heavy atom. The van der Waals surface area contributed by atoms with Gasteiger partial charge in [0.15, 0.2) is 0 Å². The van der Waals surface area contributed by atoms with E-state index in [-0.39, 0.29) is 13.2 Å². The van der Waals surface area contributed by atoms with Gasteiger partial charge in [-0.1, -0.05) is 24.3 Å². The van der Waals surface area contributed by atoms with Gasteiger partial charge in [-0.25, -0.2) is 0 Å². The highest BCUT2D eigenvalue weighted by Crippen LogP contribution is 2.19. The molecule has 0 unspecified atom stereocenters. The quantitative estimate of drug-likeness (QED) is 0.792. The average molecular weight is 270 g/mol. The van der Waals surface area contributed by atoms with E-state index in [9.17, 15) is 0 Å². The Morgan fingerprint density at radius 2 is 0.950 bits per heavy atom. The molecule has 0 saturated carbocycles. The molecular weight excluding hydrogens is 252 g/mol. The molecule has 0 spiro atoms. The first-order chi connectivity index (χ1) is 9.81. The zero-order chi connectivity index (χ0) is 14.2. The van der Waals surface area contributed by atoms with E-state index in [4.69, 9.17) is 10.2 Å². The SMILES string of the molecule is OCCc1ccc(N=Nc2ccc(CCO)cc2)cc1. The Balaban J connectivity index is 2.01. The van der Waals surface area contributed by atoms with E-state index < -0.39 is 0 Å². The molecule has 0 aliphatic rings. The standard InChI is InChI=1S/C16H18N2O2/c19-11-9-13-1-5-15(6-2-13)17-18-16-7-3-14(4-8-16)10-12-20/h1-8,19-20H,9-12H2. The summed E-state index contributed by atoms with van der Waals surface area (Å²) in [5.41, 5.74) is 3.73. The van der Waals surface area contributed by atoms with Crippen LogP contribution in [0.3, 0.4) is 0 Å². The van der Waals surface area contributed by atoms with E-state index in [1.165, 1.54) is 0 Å². The van der Waals surface area contributed by atoms with Crippen molar-refractivity contribution in [3.8, 4) is 0 Å². The molecule has 104 valence electrons. The van der Waals surface area contributed by atoms with E-state index in [0.29, 0.717) is 12.8 Å². The van der Waals surface area contributed by atoms with E-state index in [1.807, 2.05) is 48.5 Å². The molecule has 0 saturated heterocycles. The molecule has 2 aromatic carbocycles. The van der Waals surface area contributed by atoms with Crippen LogP contribution in [0.25, 0.3) is 0 Å². The third-order valence-corrected chi connectivity index (χ3v) is 2.95. The van der Waals surface area contributed by atoms with Gasteiger partial charge in [0, 0.05) is 13.2 Å². The fourth-order valence-electron chi connectivity index (χ4n) is 1.83. The van der Waals surface area contributed by atoms with Gasteiger partial charge in [-0.15, -0.1) is 0 Å². The fourth-order valence-corrected chi connectivity index (χ4v) is 1.83. The molecule has 0 atom stereocenters. The van der Waals surface area contributed by atoms with Crippen molar-refractivity contribution in [1.29, 1.82) is 0 Å². The van der Waals surface area contributed by atoms with Crippen molar-refractivity contribution < 1.29 is 10.2 Å². The van der Waals surface area contributed by atoms with Crippen molar-refractivity contribution in [1.82, 2.24) is 0 Å². The Labute approximate surface area is 118 Å². The molecule has 20 heavy (non-hydrogen) atoms. The first kappa shape index (κ1) is 14.4. The van der Waals surface area contributed by atoms with Gasteiger partial charge in [0.1, 0.15) is 0 Å². The van der Waals surface area contributed by atoms with Crippen LogP contribution in [-0.4, -0.2) is 23.4 Å². The Morgan fingerprint density at radius 1 is 0.600 bits per heavy atom. The summed E-state index contributed by atoms with van der Waals surface area (Å²) in [6.07, 6.45) is 1.31. The van der Waals surface area contributed by atoms with Crippen LogP contribution in [0.1, 0.15) is 11.1 Å². The molecule has 0 bridgehead atoms. The summed E-state index contributed by atoms with van der Waals surface area (Å²) in [6, 6.07) is 15.3. The number of rotatable bonds is 6. The second-order valence-corrected chi connectivity index (χ2v) is 4.48. The minimum atomic E-state index is 0.154. The van der Waals surface area contributed by atoms with Crippen LogP contribution in [0.4, 0.5) is 11.4 Å². The molecule has 2 aromatic rings. The zero-order valence-corrected chi connectivity index (χ0v) is 11.2. The smallest absolute Gasteiger partial charge is 0.0857 e. The Hall–Kier alpha value is -2.04. The van der Waals surface area contributed by atoms with E-state index in [2.05, 4.69) is 10.2 Å². The molecule has 2 rings (SSSR count). The maximum atomic E-state index is 8.84. The molecule has 0 aliphatic heterocycles. The zero-order valence-electron chi connectivity index (χ0n) is 11.2. The predicted molar refractivity (Wildman–Crippen MR) is 78.6 cm³/mol. The van der Waals surface area contributed by atoms with Crippen molar-refractivity contribution in [3.63, 3.8) is 0 Å². The van der Waals surface area contributed by atoms with E-state index in [1.54, 1.807) is 0 Å². The molecule has 0 heterocycles. The van der Waals surface area contributed by atoms with Crippen molar-refractivity contribution in [2.24, 2.45) is 10.2 Å². The van der Waals surface area contributed by atoms with Gasteiger partial charge in [0.05, 0.1) is 11.4 Å². The largest absolute Gasteiger partial charge is 0.396 e. The highest BCUT2D eigenvalue weighted by molar-refractivity contribution is 5.42.